The van der Waals surface area contributed by atoms with Crippen molar-refractivity contribution in [3.8, 4) is 5.75 Å². The number of hydrogen-bond donors (Lipinski definition) is 0. The molecule has 0 aliphatic rings. The molecule has 0 fully saturated rings. The van der Waals surface area contributed by atoms with E-state index in [2.05, 4.69) is 41.9 Å². The van der Waals surface area contributed by atoms with E-state index in [9.17, 15) is 0 Å². The van der Waals surface area contributed by atoms with Crippen LogP contribution in [-0.4, -0.2) is 11.9 Å². The summed E-state index contributed by atoms with van der Waals surface area (Å²) in [6.07, 6.45) is 0. The Morgan fingerprint density at radius 2 is 2.15 bits per heavy atom. The van der Waals surface area contributed by atoms with Crippen LogP contribution >= 0.6 is 15.9 Å². The second kappa shape index (κ2) is 5.28. The summed E-state index contributed by atoms with van der Waals surface area (Å²) in [4.78, 5) is 0. The van der Waals surface area contributed by atoms with Crippen molar-refractivity contribution in [1.82, 2.24) is 0 Å². The average molecular weight is 243 g/mol. The molecule has 0 N–H and O–H groups in total. The Morgan fingerprint density at radius 1 is 1.38 bits per heavy atom. The molecule has 0 aromatic heterocycles. The van der Waals surface area contributed by atoms with Crippen LogP contribution in [0.15, 0.2) is 24.3 Å². The molecule has 0 spiro atoms. The molecular formula is C11H15BrO. The molecule has 0 bridgehead atoms. The van der Waals surface area contributed by atoms with E-state index in [1.807, 2.05) is 12.1 Å². The van der Waals surface area contributed by atoms with Crippen molar-refractivity contribution in [2.24, 2.45) is 0 Å². The Bertz CT molecular complexity index is 258. The van der Waals surface area contributed by atoms with Crippen molar-refractivity contribution >= 4 is 15.9 Å². The van der Waals surface area contributed by atoms with Gasteiger partial charge in [-0.1, -0.05) is 41.9 Å². The van der Waals surface area contributed by atoms with Gasteiger partial charge in [0.1, 0.15) is 5.75 Å². The Balaban J connectivity index is 2.68. The van der Waals surface area contributed by atoms with Crippen LogP contribution in [0, 0.1) is 0 Å². The van der Waals surface area contributed by atoms with Gasteiger partial charge in [0, 0.05) is 5.33 Å². The molecule has 0 amide bonds. The fourth-order valence-electron chi connectivity index (χ4n) is 1.12. The second-order valence-corrected chi connectivity index (χ2v) is 4.06. The number of halogens is 1. The van der Waals surface area contributed by atoms with Crippen molar-refractivity contribution in [1.29, 1.82) is 0 Å². The Morgan fingerprint density at radius 3 is 2.77 bits per heavy atom. The van der Waals surface area contributed by atoms with Gasteiger partial charge >= 0.3 is 0 Å². The van der Waals surface area contributed by atoms with Crippen LogP contribution in [0.1, 0.15) is 25.3 Å². The standard InChI is InChI=1S/C11H15BrO/c1-9(2)10-4-3-5-11(8-10)13-7-6-12/h3-5,8-9H,6-7H2,1-2H3. The van der Waals surface area contributed by atoms with E-state index in [-0.39, 0.29) is 0 Å². The van der Waals surface area contributed by atoms with Gasteiger partial charge in [0.2, 0.25) is 0 Å². The molecule has 0 saturated carbocycles. The molecule has 1 aromatic rings. The minimum absolute atomic E-state index is 0.563. The van der Waals surface area contributed by atoms with E-state index in [0.29, 0.717) is 5.92 Å². The Labute approximate surface area is 88.2 Å². The summed E-state index contributed by atoms with van der Waals surface area (Å²) in [5.41, 5.74) is 1.33. The van der Waals surface area contributed by atoms with E-state index in [1.165, 1.54) is 5.56 Å². The molecule has 0 atom stereocenters. The summed E-state index contributed by atoms with van der Waals surface area (Å²) in [6, 6.07) is 8.27. The normalized spacial score (nSPS) is 10.5. The zero-order valence-electron chi connectivity index (χ0n) is 8.09. The highest BCUT2D eigenvalue weighted by Crippen LogP contribution is 2.19. The lowest BCUT2D eigenvalue weighted by molar-refractivity contribution is 0.344. The van der Waals surface area contributed by atoms with Crippen molar-refractivity contribution in [2.75, 3.05) is 11.9 Å². The van der Waals surface area contributed by atoms with Gasteiger partial charge in [0.15, 0.2) is 0 Å². The summed E-state index contributed by atoms with van der Waals surface area (Å²) >= 11 is 3.33. The first-order chi connectivity index (χ1) is 6.24. The molecule has 13 heavy (non-hydrogen) atoms. The fraction of sp³-hybridized carbons (Fsp3) is 0.455. The number of alkyl halides is 1. The molecule has 72 valence electrons. The summed E-state index contributed by atoms with van der Waals surface area (Å²) in [6.45, 7) is 5.09. The van der Waals surface area contributed by atoms with Crippen molar-refractivity contribution in [3.05, 3.63) is 29.8 Å². The van der Waals surface area contributed by atoms with Crippen LogP contribution in [0.2, 0.25) is 0 Å². The number of hydrogen-bond acceptors (Lipinski definition) is 1. The summed E-state index contributed by atoms with van der Waals surface area (Å²) in [5, 5.41) is 0.874. The van der Waals surface area contributed by atoms with Gasteiger partial charge in [0.05, 0.1) is 6.61 Å². The third-order valence-electron chi connectivity index (χ3n) is 1.87. The predicted molar refractivity (Wildman–Crippen MR) is 59.8 cm³/mol. The maximum atomic E-state index is 5.50. The van der Waals surface area contributed by atoms with Crippen molar-refractivity contribution in [2.45, 2.75) is 19.8 Å². The highest BCUT2D eigenvalue weighted by Gasteiger charge is 2.00. The first-order valence-electron chi connectivity index (χ1n) is 4.52. The number of rotatable bonds is 4. The van der Waals surface area contributed by atoms with E-state index in [1.54, 1.807) is 0 Å². The molecule has 0 radical (unpaired) electrons. The lowest BCUT2D eigenvalue weighted by atomic mass is 10.0. The highest BCUT2D eigenvalue weighted by molar-refractivity contribution is 9.09. The van der Waals surface area contributed by atoms with Gasteiger partial charge < -0.3 is 4.74 Å². The highest BCUT2D eigenvalue weighted by atomic mass is 79.9. The third kappa shape index (κ3) is 3.39. The van der Waals surface area contributed by atoms with Gasteiger partial charge in [-0.15, -0.1) is 0 Å². The lowest BCUT2D eigenvalue weighted by Crippen LogP contribution is -1.98. The molecule has 0 saturated heterocycles. The molecule has 1 rings (SSSR count). The van der Waals surface area contributed by atoms with Crippen LogP contribution in [0.25, 0.3) is 0 Å². The molecule has 1 nitrogen and oxygen atoms in total. The lowest BCUT2D eigenvalue weighted by Gasteiger charge is -2.08. The van der Waals surface area contributed by atoms with E-state index in [0.717, 1.165) is 17.7 Å². The van der Waals surface area contributed by atoms with Crippen LogP contribution in [0.3, 0.4) is 0 Å². The largest absolute Gasteiger partial charge is 0.493 e. The molecule has 0 unspecified atom stereocenters. The number of ether oxygens (including phenoxy) is 1. The topological polar surface area (TPSA) is 9.23 Å². The first-order valence-corrected chi connectivity index (χ1v) is 5.65. The third-order valence-corrected chi connectivity index (χ3v) is 2.19. The molecule has 0 aliphatic heterocycles. The fourth-order valence-corrected chi connectivity index (χ4v) is 1.28. The number of benzene rings is 1. The summed E-state index contributed by atoms with van der Waals surface area (Å²) < 4.78 is 5.50. The van der Waals surface area contributed by atoms with Gasteiger partial charge in [-0.05, 0) is 23.6 Å². The quantitative estimate of drug-likeness (QED) is 0.734. The minimum Gasteiger partial charge on any atom is -0.493 e. The van der Waals surface area contributed by atoms with E-state index >= 15 is 0 Å². The predicted octanol–water partition coefficient (Wildman–Crippen LogP) is 3.58. The summed E-state index contributed by atoms with van der Waals surface area (Å²) in [7, 11) is 0. The molecule has 2 heteroatoms. The van der Waals surface area contributed by atoms with Crippen LogP contribution in [0.4, 0.5) is 0 Å². The van der Waals surface area contributed by atoms with Crippen LogP contribution < -0.4 is 4.74 Å². The SMILES string of the molecule is CC(C)c1cccc(OCCBr)c1. The molecule has 0 aliphatic carbocycles. The van der Waals surface area contributed by atoms with Gasteiger partial charge in [-0.2, -0.15) is 0 Å². The van der Waals surface area contributed by atoms with Gasteiger partial charge in [-0.25, -0.2) is 0 Å². The van der Waals surface area contributed by atoms with E-state index < -0.39 is 0 Å². The zero-order chi connectivity index (χ0) is 9.68. The molecular weight excluding hydrogens is 228 g/mol. The smallest absolute Gasteiger partial charge is 0.119 e. The monoisotopic (exact) mass is 242 g/mol. The summed E-state index contributed by atoms with van der Waals surface area (Å²) in [5.74, 6) is 1.53. The Kier molecular flexibility index (Phi) is 4.29. The maximum absolute atomic E-state index is 5.50. The van der Waals surface area contributed by atoms with Crippen LogP contribution in [0.5, 0.6) is 5.75 Å². The second-order valence-electron chi connectivity index (χ2n) is 3.26. The minimum atomic E-state index is 0.563. The van der Waals surface area contributed by atoms with Crippen molar-refractivity contribution in [3.63, 3.8) is 0 Å². The Hall–Kier alpha value is -0.500. The molecule has 1 aromatic carbocycles. The van der Waals surface area contributed by atoms with E-state index in [4.69, 9.17) is 4.74 Å². The van der Waals surface area contributed by atoms with Gasteiger partial charge in [0.25, 0.3) is 0 Å². The van der Waals surface area contributed by atoms with Gasteiger partial charge in [-0.3, -0.25) is 0 Å². The maximum Gasteiger partial charge on any atom is 0.119 e. The average Bonchev–Trinajstić information content (AvgIpc) is 2.15. The van der Waals surface area contributed by atoms with Crippen molar-refractivity contribution < 1.29 is 4.74 Å². The zero-order valence-corrected chi connectivity index (χ0v) is 9.67. The molecule has 0 heterocycles. The first kappa shape index (κ1) is 10.6. The van der Waals surface area contributed by atoms with Crippen LogP contribution in [-0.2, 0) is 0 Å².